The second-order valence-corrected chi connectivity index (χ2v) is 17.4. The fourth-order valence-corrected chi connectivity index (χ4v) is 10.7. The molecule has 0 saturated heterocycles. The Kier molecular flexibility index (Phi) is 9.07. The number of aromatic nitrogens is 3. The number of rotatable bonds is 7. The van der Waals surface area contributed by atoms with Gasteiger partial charge in [0.15, 0.2) is 5.82 Å². The Hall–Kier alpha value is -8.79. The molecule has 0 N–H and O–H groups in total. The molecule has 312 valence electrons. The van der Waals surface area contributed by atoms with Crippen LogP contribution in [0.25, 0.3) is 99.9 Å². The minimum Gasteiger partial charge on any atom is -0.247 e. The van der Waals surface area contributed by atoms with Gasteiger partial charge in [-0.3, -0.25) is 0 Å². The Balaban J connectivity index is 0.893. The summed E-state index contributed by atoms with van der Waals surface area (Å²) in [4.78, 5) is 15.6. The van der Waals surface area contributed by atoms with E-state index in [-0.39, 0.29) is 0 Å². The van der Waals surface area contributed by atoms with Crippen LogP contribution in [0.2, 0.25) is 0 Å². The van der Waals surface area contributed by atoms with Crippen LogP contribution >= 0.6 is 0 Å². The fourth-order valence-electron chi connectivity index (χ4n) is 10.7. The first-order valence-corrected chi connectivity index (χ1v) is 22.9. The van der Waals surface area contributed by atoms with Gasteiger partial charge in [-0.15, -0.1) is 0 Å². The summed E-state index contributed by atoms with van der Waals surface area (Å²) in [7, 11) is 0. The molecule has 67 heavy (non-hydrogen) atoms. The lowest BCUT2D eigenvalue weighted by atomic mass is 9.67. The van der Waals surface area contributed by atoms with Crippen molar-refractivity contribution in [2.75, 3.05) is 0 Å². The van der Waals surface area contributed by atoms with Gasteiger partial charge in [0.1, 0.15) is 0 Å². The second-order valence-electron chi connectivity index (χ2n) is 17.4. The van der Waals surface area contributed by atoms with Crippen molar-refractivity contribution in [3.05, 3.63) is 271 Å². The predicted molar refractivity (Wildman–Crippen MR) is 277 cm³/mol. The van der Waals surface area contributed by atoms with Crippen LogP contribution in [0, 0.1) is 0 Å². The average molecular weight is 852 g/mol. The molecule has 0 unspecified atom stereocenters. The molecule has 0 bridgehead atoms. The van der Waals surface area contributed by atoms with Gasteiger partial charge in [0.05, 0.1) is 27.8 Å². The van der Waals surface area contributed by atoms with Crippen LogP contribution in [0.3, 0.4) is 0 Å². The van der Waals surface area contributed by atoms with Crippen LogP contribution in [0.4, 0.5) is 0 Å². The SMILES string of the molecule is c1ccc(-c2ccc(-c3nc(-c4ccc(-c5ccc(-c6nc7ccccc7c7c8c(ccc67)C(c6ccccc6)(c6ccccc6)c6ccccc6-8)cc5)cc4)c4ccccc4n3)cc2)cc1. The number of para-hydroxylation sites is 2. The summed E-state index contributed by atoms with van der Waals surface area (Å²) < 4.78 is 0. The van der Waals surface area contributed by atoms with E-state index in [1.807, 2.05) is 12.1 Å². The van der Waals surface area contributed by atoms with E-state index in [1.54, 1.807) is 0 Å². The highest BCUT2D eigenvalue weighted by Crippen LogP contribution is 2.58. The number of hydrogen-bond donors (Lipinski definition) is 0. The van der Waals surface area contributed by atoms with Gasteiger partial charge in [0.25, 0.3) is 0 Å². The molecule has 2 heterocycles. The summed E-state index contributed by atoms with van der Waals surface area (Å²) in [5, 5.41) is 4.57. The van der Waals surface area contributed by atoms with Crippen LogP contribution in [-0.4, -0.2) is 15.0 Å². The van der Waals surface area contributed by atoms with E-state index in [0.717, 1.165) is 66.4 Å². The molecule has 0 spiro atoms. The third kappa shape index (κ3) is 6.24. The van der Waals surface area contributed by atoms with Gasteiger partial charge in [0.2, 0.25) is 0 Å². The van der Waals surface area contributed by atoms with Gasteiger partial charge in [-0.05, 0) is 67.8 Å². The number of fused-ring (bicyclic) bond motifs is 8. The quantitative estimate of drug-likeness (QED) is 0.150. The van der Waals surface area contributed by atoms with Crippen LogP contribution < -0.4 is 0 Å². The standard InChI is InChI=1S/C64H41N3/c1-4-16-42(17-5-1)43-32-38-48(39-33-43)63-66-58-27-15-12-24-53(58)61(67-63)46-34-28-44(29-35-46)45-30-36-47(37-31-45)62-54-40-41-56-60(59(54)52-23-11-14-26-57(52)65-62)51-22-10-13-25-55(51)64(56,49-18-6-2-7-19-49)50-20-8-3-9-21-50/h1-41H. The molecule has 10 aromatic carbocycles. The lowest BCUT2D eigenvalue weighted by Crippen LogP contribution is -2.28. The van der Waals surface area contributed by atoms with Gasteiger partial charge in [0, 0.05) is 38.2 Å². The van der Waals surface area contributed by atoms with Crippen molar-refractivity contribution in [3.8, 4) is 67.3 Å². The first-order chi connectivity index (χ1) is 33.2. The molecule has 13 rings (SSSR count). The molecule has 1 aliphatic carbocycles. The van der Waals surface area contributed by atoms with E-state index < -0.39 is 5.41 Å². The van der Waals surface area contributed by atoms with Crippen molar-refractivity contribution in [1.29, 1.82) is 0 Å². The maximum Gasteiger partial charge on any atom is 0.160 e. The van der Waals surface area contributed by atoms with E-state index in [1.165, 1.54) is 49.9 Å². The Bertz CT molecular complexity index is 3770. The molecule has 0 aliphatic heterocycles. The number of pyridine rings is 1. The summed E-state index contributed by atoms with van der Waals surface area (Å²) in [6, 6.07) is 89.3. The highest BCUT2D eigenvalue weighted by molar-refractivity contribution is 6.19. The first-order valence-electron chi connectivity index (χ1n) is 22.9. The van der Waals surface area contributed by atoms with Crippen molar-refractivity contribution in [1.82, 2.24) is 15.0 Å². The number of nitrogens with zero attached hydrogens (tertiary/aromatic N) is 3. The molecule has 0 saturated carbocycles. The highest BCUT2D eigenvalue weighted by Gasteiger charge is 2.46. The van der Waals surface area contributed by atoms with Crippen molar-refractivity contribution in [3.63, 3.8) is 0 Å². The normalized spacial score (nSPS) is 12.6. The molecule has 0 atom stereocenters. The van der Waals surface area contributed by atoms with Crippen LogP contribution in [0.15, 0.2) is 249 Å². The Morgan fingerprint density at radius 2 is 0.716 bits per heavy atom. The van der Waals surface area contributed by atoms with Crippen molar-refractivity contribution in [2.45, 2.75) is 5.41 Å². The molecule has 1 aliphatic rings. The third-order valence-electron chi connectivity index (χ3n) is 13.8. The van der Waals surface area contributed by atoms with Crippen molar-refractivity contribution < 1.29 is 0 Å². The molecule has 3 heteroatoms. The Morgan fingerprint density at radius 1 is 0.269 bits per heavy atom. The lowest BCUT2D eigenvalue weighted by molar-refractivity contribution is 0.769. The van der Waals surface area contributed by atoms with Gasteiger partial charge in [-0.1, -0.05) is 237 Å². The molecule has 0 fully saturated rings. The van der Waals surface area contributed by atoms with Gasteiger partial charge >= 0.3 is 0 Å². The molecule has 12 aromatic rings. The zero-order valence-electron chi connectivity index (χ0n) is 36.5. The van der Waals surface area contributed by atoms with Gasteiger partial charge < -0.3 is 0 Å². The van der Waals surface area contributed by atoms with E-state index in [2.05, 4.69) is 237 Å². The number of benzene rings is 10. The van der Waals surface area contributed by atoms with Crippen LogP contribution in [0.5, 0.6) is 0 Å². The zero-order valence-corrected chi connectivity index (χ0v) is 36.5. The van der Waals surface area contributed by atoms with Crippen LogP contribution in [0.1, 0.15) is 22.3 Å². The summed E-state index contributed by atoms with van der Waals surface area (Å²) in [5.74, 6) is 0.712. The van der Waals surface area contributed by atoms with Crippen LogP contribution in [-0.2, 0) is 5.41 Å². The van der Waals surface area contributed by atoms with Crippen molar-refractivity contribution in [2.24, 2.45) is 0 Å². The molecule has 0 radical (unpaired) electrons. The van der Waals surface area contributed by atoms with E-state index in [9.17, 15) is 0 Å². The monoisotopic (exact) mass is 851 g/mol. The Morgan fingerprint density at radius 3 is 1.33 bits per heavy atom. The van der Waals surface area contributed by atoms with E-state index in [4.69, 9.17) is 15.0 Å². The zero-order chi connectivity index (χ0) is 44.3. The maximum absolute atomic E-state index is 5.42. The molecule has 3 nitrogen and oxygen atoms in total. The molecule has 0 amide bonds. The largest absolute Gasteiger partial charge is 0.247 e. The fraction of sp³-hybridized carbons (Fsp3) is 0.0156. The summed E-state index contributed by atoms with van der Waals surface area (Å²) >= 11 is 0. The van der Waals surface area contributed by atoms with Crippen molar-refractivity contribution >= 4 is 32.6 Å². The topological polar surface area (TPSA) is 38.7 Å². The average Bonchev–Trinajstić information content (AvgIpc) is 3.72. The minimum absolute atomic E-state index is 0.484. The third-order valence-corrected chi connectivity index (χ3v) is 13.8. The summed E-state index contributed by atoms with van der Waals surface area (Å²) in [5.41, 5.74) is 18.7. The Labute approximate surface area is 389 Å². The second kappa shape index (κ2) is 15.7. The van der Waals surface area contributed by atoms with Gasteiger partial charge in [-0.25, -0.2) is 15.0 Å². The highest BCUT2D eigenvalue weighted by atomic mass is 14.9. The summed E-state index contributed by atoms with van der Waals surface area (Å²) in [6.45, 7) is 0. The van der Waals surface area contributed by atoms with E-state index in [0.29, 0.717) is 5.82 Å². The number of hydrogen-bond acceptors (Lipinski definition) is 3. The molecular weight excluding hydrogens is 811 g/mol. The smallest absolute Gasteiger partial charge is 0.160 e. The van der Waals surface area contributed by atoms with E-state index >= 15 is 0 Å². The molecular formula is C64H41N3. The lowest BCUT2D eigenvalue weighted by Gasteiger charge is -2.34. The minimum atomic E-state index is -0.484. The summed E-state index contributed by atoms with van der Waals surface area (Å²) in [6.07, 6.45) is 0. The first kappa shape index (κ1) is 38.6. The predicted octanol–water partition coefficient (Wildman–Crippen LogP) is 16.0. The molecule has 2 aromatic heterocycles. The maximum atomic E-state index is 5.42. The van der Waals surface area contributed by atoms with Gasteiger partial charge in [-0.2, -0.15) is 0 Å².